The van der Waals surface area contributed by atoms with Gasteiger partial charge in [0.15, 0.2) is 0 Å². The van der Waals surface area contributed by atoms with Crippen LogP contribution in [0.1, 0.15) is 32.1 Å². The highest BCUT2D eigenvalue weighted by atomic mass is 16.5. The summed E-state index contributed by atoms with van der Waals surface area (Å²) in [6.45, 7) is 2.14. The Labute approximate surface area is 87.4 Å². The topological polar surface area (TPSA) is 21.3 Å². The van der Waals surface area contributed by atoms with Gasteiger partial charge in [0.2, 0.25) is 0 Å². The largest absolute Gasteiger partial charge is 0.385 e. The van der Waals surface area contributed by atoms with Gasteiger partial charge in [0.25, 0.3) is 0 Å². The van der Waals surface area contributed by atoms with Crippen LogP contribution >= 0.6 is 0 Å². The van der Waals surface area contributed by atoms with Crippen LogP contribution in [0.2, 0.25) is 0 Å². The molecule has 1 N–H and O–H groups in total. The van der Waals surface area contributed by atoms with E-state index in [-0.39, 0.29) is 0 Å². The maximum Gasteiger partial charge on any atom is 0.0462 e. The van der Waals surface area contributed by atoms with Gasteiger partial charge in [-0.05, 0) is 56.4 Å². The predicted octanol–water partition coefficient (Wildman–Crippen LogP) is 2.05. The smallest absolute Gasteiger partial charge is 0.0462 e. The normalized spacial score (nSPS) is 39.9. The van der Waals surface area contributed by atoms with Crippen LogP contribution in [0.15, 0.2) is 0 Å². The van der Waals surface area contributed by atoms with Crippen LogP contribution in [0.3, 0.4) is 0 Å². The summed E-state index contributed by atoms with van der Waals surface area (Å²) in [6.07, 6.45) is 7.06. The molecule has 2 nitrogen and oxygen atoms in total. The first-order chi connectivity index (χ1) is 6.79. The first-order valence-corrected chi connectivity index (χ1v) is 5.93. The summed E-state index contributed by atoms with van der Waals surface area (Å²) in [5, 5.41) is 3.38. The fraction of sp³-hybridized carbons (Fsp3) is 1.00. The van der Waals surface area contributed by atoms with Crippen molar-refractivity contribution in [3.05, 3.63) is 0 Å². The average Bonchev–Trinajstić information content (AvgIpc) is 2.76. The van der Waals surface area contributed by atoms with E-state index in [2.05, 4.69) is 12.4 Å². The molecular weight excluding hydrogens is 174 g/mol. The Morgan fingerprint density at radius 2 is 2.07 bits per heavy atom. The highest BCUT2D eigenvalue weighted by Crippen LogP contribution is 2.61. The fourth-order valence-electron chi connectivity index (χ4n) is 3.41. The Kier molecular flexibility index (Phi) is 3.13. The minimum absolute atomic E-state index is 0.626. The van der Waals surface area contributed by atoms with Crippen LogP contribution in [-0.4, -0.2) is 27.3 Å². The van der Waals surface area contributed by atoms with Crippen LogP contribution in [0.25, 0.3) is 0 Å². The van der Waals surface area contributed by atoms with E-state index in [1.807, 2.05) is 0 Å². The monoisotopic (exact) mass is 197 g/mol. The summed E-state index contributed by atoms with van der Waals surface area (Å²) in [5.74, 6) is 2.18. The predicted molar refractivity (Wildman–Crippen MR) is 58.3 cm³/mol. The van der Waals surface area contributed by atoms with Gasteiger partial charge >= 0.3 is 0 Å². The lowest BCUT2D eigenvalue weighted by Crippen LogP contribution is -2.31. The van der Waals surface area contributed by atoms with Crippen LogP contribution in [0.5, 0.6) is 0 Å². The maximum atomic E-state index is 5.14. The van der Waals surface area contributed by atoms with Crippen molar-refractivity contribution >= 4 is 0 Å². The van der Waals surface area contributed by atoms with E-state index in [9.17, 15) is 0 Å². The first-order valence-electron chi connectivity index (χ1n) is 5.93. The lowest BCUT2D eigenvalue weighted by molar-refractivity contribution is 0.158. The molecule has 0 aromatic heterocycles. The molecule has 0 bridgehead atoms. The molecule has 2 rings (SSSR count). The molecule has 2 aliphatic carbocycles. The average molecular weight is 197 g/mol. The quantitative estimate of drug-likeness (QED) is 0.658. The molecule has 0 aromatic rings. The molecule has 82 valence electrons. The first kappa shape index (κ1) is 10.4. The zero-order valence-electron chi connectivity index (χ0n) is 9.51. The Hall–Kier alpha value is -0.0800. The second kappa shape index (κ2) is 4.19. The van der Waals surface area contributed by atoms with Crippen LogP contribution in [-0.2, 0) is 4.74 Å². The van der Waals surface area contributed by atoms with Crippen molar-refractivity contribution in [3.63, 3.8) is 0 Å². The summed E-state index contributed by atoms with van der Waals surface area (Å²) in [5.41, 5.74) is 0.626. The molecule has 0 aromatic carbocycles. The third-order valence-electron chi connectivity index (χ3n) is 4.07. The van der Waals surface area contributed by atoms with Gasteiger partial charge in [-0.15, -0.1) is 0 Å². The second-order valence-electron chi connectivity index (χ2n) is 5.29. The molecular formula is C12H23NO. The molecule has 0 saturated heterocycles. The summed E-state index contributed by atoms with van der Waals surface area (Å²) < 4.78 is 5.14. The van der Waals surface area contributed by atoms with Crippen LogP contribution in [0.4, 0.5) is 0 Å². The van der Waals surface area contributed by atoms with Gasteiger partial charge < -0.3 is 10.1 Å². The van der Waals surface area contributed by atoms with Gasteiger partial charge in [-0.25, -0.2) is 0 Å². The second-order valence-corrected chi connectivity index (χ2v) is 5.29. The Bertz CT molecular complexity index is 183. The molecule has 2 unspecified atom stereocenters. The summed E-state index contributed by atoms with van der Waals surface area (Å²) in [6, 6.07) is 0. The third-order valence-corrected chi connectivity index (χ3v) is 4.07. The van der Waals surface area contributed by atoms with Crippen molar-refractivity contribution in [1.82, 2.24) is 5.32 Å². The SMILES string of the molecule is CNCC1(CCCOC)CC2CC2C1. The van der Waals surface area contributed by atoms with E-state index < -0.39 is 0 Å². The van der Waals surface area contributed by atoms with Gasteiger partial charge in [0.1, 0.15) is 0 Å². The zero-order valence-corrected chi connectivity index (χ0v) is 9.51. The van der Waals surface area contributed by atoms with Gasteiger partial charge in [-0.1, -0.05) is 0 Å². The lowest BCUT2D eigenvalue weighted by Gasteiger charge is -2.30. The molecule has 0 heterocycles. The minimum Gasteiger partial charge on any atom is -0.385 e. The van der Waals surface area contributed by atoms with Crippen LogP contribution < -0.4 is 5.32 Å². The van der Waals surface area contributed by atoms with E-state index in [1.165, 1.54) is 38.6 Å². The zero-order chi connectivity index (χ0) is 10.0. The molecule has 2 heteroatoms. The van der Waals surface area contributed by atoms with Gasteiger partial charge in [0, 0.05) is 20.3 Å². The van der Waals surface area contributed by atoms with Gasteiger partial charge in [-0.3, -0.25) is 0 Å². The summed E-state index contributed by atoms with van der Waals surface area (Å²) in [7, 11) is 3.89. The Morgan fingerprint density at radius 1 is 1.36 bits per heavy atom. The number of ether oxygens (including phenoxy) is 1. The number of rotatable bonds is 6. The van der Waals surface area contributed by atoms with E-state index in [0.29, 0.717) is 5.41 Å². The molecule has 2 saturated carbocycles. The molecule has 14 heavy (non-hydrogen) atoms. The van der Waals surface area contributed by atoms with Crippen molar-refractivity contribution in [2.24, 2.45) is 17.3 Å². The molecule has 0 amide bonds. The van der Waals surface area contributed by atoms with E-state index in [4.69, 9.17) is 4.74 Å². The minimum atomic E-state index is 0.626. The van der Waals surface area contributed by atoms with Crippen molar-refractivity contribution in [2.45, 2.75) is 32.1 Å². The fourth-order valence-corrected chi connectivity index (χ4v) is 3.41. The lowest BCUT2D eigenvalue weighted by atomic mass is 9.79. The number of hydrogen-bond acceptors (Lipinski definition) is 2. The number of methoxy groups -OCH3 is 1. The summed E-state index contributed by atoms with van der Waals surface area (Å²) in [4.78, 5) is 0. The number of fused-ring (bicyclic) bond motifs is 1. The molecule has 2 fully saturated rings. The summed E-state index contributed by atoms with van der Waals surface area (Å²) >= 11 is 0. The highest BCUT2D eigenvalue weighted by Gasteiger charge is 2.52. The van der Waals surface area contributed by atoms with Gasteiger partial charge in [-0.2, -0.15) is 0 Å². The third kappa shape index (κ3) is 2.12. The Morgan fingerprint density at radius 3 is 2.64 bits per heavy atom. The maximum absolute atomic E-state index is 5.14. The Balaban J connectivity index is 1.80. The van der Waals surface area contributed by atoms with Crippen molar-refractivity contribution in [2.75, 3.05) is 27.3 Å². The molecule has 0 radical (unpaired) electrons. The highest BCUT2D eigenvalue weighted by molar-refractivity contribution is 5.03. The molecule has 0 aliphatic heterocycles. The van der Waals surface area contributed by atoms with Crippen molar-refractivity contribution < 1.29 is 4.74 Å². The standard InChI is InChI=1S/C12H23NO/c1-13-9-12(4-3-5-14-2)7-10-6-11(10)8-12/h10-11,13H,3-9H2,1-2H3. The molecule has 2 aliphatic rings. The van der Waals surface area contributed by atoms with Crippen molar-refractivity contribution in [1.29, 1.82) is 0 Å². The molecule has 2 atom stereocenters. The number of hydrogen-bond donors (Lipinski definition) is 1. The van der Waals surface area contributed by atoms with Crippen molar-refractivity contribution in [3.8, 4) is 0 Å². The number of nitrogens with one attached hydrogen (secondary N) is 1. The van der Waals surface area contributed by atoms with E-state index in [0.717, 1.165) is 18.4 Å². The van der Waals surface area contributed by atoms with Crippen LogP contribution in [0, 0.1) is 17.3 Å². The molecule has 0 spiro atoms. The van der Waals surface area contributed by atoms with E-state index in [1.54, 1.807) is 7.11 Å². The van der Waals surface area contributed by atoms with Gasteiger partial charge in [0.05, 0.1) is 0 Å². The van der Waals surface area contributed by atoms with E-state index >= 15 is 0 Å².